The normalized spacial score (nSPS) is 18.6. The minimum atomic E-state index is -0.521. The van der Waals surface area contributed by atoms with Crippen LogP contribution >= 0.6 is 0 Å². The molecule has 1 aromatic heterocycles. The quantitative estimate of drug-likeness (QED) is 0.595. The summed E-state index contributed by atoms with van der Waals surface area (Å²) >= 11 is 0. The fraction of sp³-hybridized carbons (Fsp3) is 0.545. The van der Waals surface area contributed by atoms with Gasteiger partial charge in [-0.2, -0.15) is 0 Å². The van der Waals surface area contributed by atoms with E-state index in [1.165, 1.54) is 6.33 Å². The molecule has 2 rings (SSSR count). The molecule has 0 bridgehead atoms. The highest BCUT2D eigenvalue weighted by Gasteiger charge is 2.33. The van der Waals surface area contributed by atoms with Crippen LogP contribution in [0, 0.1) is 10.1 Å². The van der Waals surface area contributed by atoms with Gasteiger partial charge in [-0.25, -0.2) is 9.97 Å². The van der Waals surface area contributed by atoms with E-state index in [1.54, 1.807) is 11.8 Å². The largest absolute Gasteiger partial charge is 0.364 e. The predicted molar refractivity (Wildman–Crippen MR) is 72.7 cm³/mol. The van der Waals surface area contributed by atoms with Crippen molar-refractivity contribution in [2.75, 3.05) is 29.9 Å². The van der Waals surface area contributed by atoms with Gasteiger partial charge in [-0.3, -0.25) is 14.9 Å². The van der Waals surface area contributed by atoms with E-state index in [-0.39, 0.29) is 23.2 Å². The van der Waals surface area contributed by atoms with Gasteiger partial charge in [-0.05, 0) is 13.8 Å². The second-order valence-electron chi connectivity index (χ2n) is 4.34. The molecule has 1 fully saturated rings. The molecule has 0 aromatic carbocycles. The van der Waals surface area contributed by atoms with Crippen LogP contribution in [-0.4, -0.2) is 46.5 Å². The number of aromatic nitrogens is 2. The third kappa shape index (κ3) is 2.46. The van der Waals surface area contributed by atoms with Crippen LogP contribution in [0.5, 0.6) is 0 Å². The van der Waals surface area contributed by atoms with E-state index in [1.807, 2.05) is 6.92 Å². The third-order valence-corrected chi connectivity index (χ3v) is 3.10. The van der Waals surface area contributed by atoms with Crippen LogP contribution in [0.2, 0.25) is 0 Å². The van der Waals surface area contributed by atoms with Gasteiger partial charge in [0.1, 0.15) is 12.4 Å². The summed E-state index contributed by atoms with van der Waals surface area (Å²) in [5.41, 5.74) is -0.198. The molecule has 0 radical (unpaired) electrons. The van der Waals surface area contributed by atoms with Gasteiger partial charge >= 0.3 is 5.69 Å². The Morgan fingerprint density at radius 1 is 1.60 bits per heavy atom. The molecule has 0 spiro atoms. The van der Waals surface area contributed by atoms with Gasteiger partial charge in [0.15, 0.2) is 0 Å². The standard InChI is InChI=1S/C11H16N6O3/c1-3-12-9-8(17(19)20)10(15-6-14-9)16-5-4-13-11(18)7(16)2/h6-7H,3-5H2,1-2H3,(H,13,18)(H,12,14,15). The maximum Gasteiger partial charge on any atom is 0.353 e. The number of rotatable bonds is 4. The Balaban J connectivity index is 2.47. The molecule has 108 valence electrons. The van der Waals surface area contributed by atoms with Crippen LogP contribution in [-0.2, 0) is 4.79 Å². The SMILES string of the molecule is CCNc1ncnc(N2CCNC(=O)C2C)c1[N+](=O)[O-]. The molecule has 1 amide bonds. The number of hydrogen-bond acceptors (Lipinski definition) is 7. The van der Waals surface area contributed by atoms with E-state index in [0.717, 1.165) is 0 Å². The van der Waals surface area contributed by atoms with Crippen molar-refractivity contribution in [3.05, 3.63) is 16.4 Å². The van der Waals surface area contributed by atoms with Crippen LogP contribution in [0.25, 0.3) is 0 Å². The van der Waals surface area contributed by atoms with Crippen LogP contribution in [0.4, 0.5) is 17.3 Å². The maximum atomic E-state index is 11.7. The second kappa shape index (κ2) is 5.68. The fourth-order valence-electron chi connectivity index (χ4n) is 2.12. The van der Waals surface area contributed by atoms with Gasteiger partial charge in [-0.15, -0.1) is 0 Å². The van der Waals surface area contributed by atoms with E-state index >= 15 is 0 Å². The molecule has 2 heterocycles. The number of carbonyl (C=O) groups excluding carboxylic acids is 1. The first-order valence-electron chi connectivity index (χ1n) is 6.33. The molecule has 0 saturated carbocycles. The Hall–Kier alpha value is -2.45. The Labute approximate surface area is 115 Å². The van der Waals surface area contributed by atoms with Crippen molar-refractivity contribution in [1.82, 2.24) is 15.3 Å². The Kier molecular flexibility index (Phi) is 3.97. The number of carbonyl (C=O) groups is 1. The molecule has 1 aliphatic heterocycles. The highest BCUT2D eigenvalue weighted by Crippen LogP contribution is 2.32. The lowest BCUT2D eigenvalue weighted by atomic mass is 10.2. The Bertz CT molecular complexity index is 535. The summed E-state index contributed by atoms with van der Waals surface area (Å²) in [4.78, 5) is 32.0. The first kappa shape index (κ1) is 14.0. The molecule has 1 unspecified atom stereocenters. The summed E-state index contributed by atoms with van der Waals surface area (Å²) in [5.74, 6) is 0.165. The Morgan fingerprint density at radius 2 is 2.35 bits per heavy atom. The zero-order valence-corrected chi connectivity index (χ0v) is 11.3. The van der Waals surface area contributed by atoms with Gasteiger partial charge in [0.2, 0.25) is 17.5 Å². The smallest absolute Gasteiger partial charge is 0.353 e. The van der Waals surface area contributed by atoms with Gasteiger partial charge in [-0.1, -0.05) is 0 Å². The van der Waals surface area contributed by atoms with Crippen molar-refractivity contribution >= 4 is 23.2 Å². The number of nitrogens with zero attached hydrogens (tertiary/aromatic N) is 4. The minimum Gasteiger partial charge on any atom is -0.364 e. The molecule has 9 heteroatoms. The van der Waals surface area contributed by atoms with Gasteiger partial charge < -0.3 is 15.5 Å². The minimum absolute atomic E-state index is 0.167. The molecule has 20 heavy (non-hydrogen) atoms. The van der Waals surface area contributed by atoms with E-state index in [0.29, 0.717) is 19.6 Å². The molecule has 2 N–H and O–H groups in total. The van der Waals surface area contributed by atoms with E-state index in [4.69, 9.17) is 0 Å². The van der Waals surface area contributed by atoms with E-state index in [2.05, 4.69) is 20.6 Å². The number of anilines is 2. The molecule has 1 saturated heterocycles. The second-order valence-corrected chi connectivity index (χ2v) is 4.34. The van der Waals surface area contributed by atoms with Gasteiger partial charge in [0.05, 0.1) is 4.92 Å². The van der Waals surface area contributed by atoms with Crippen molar-refractivity contribution in [1.29, 1.82) is 0 Å². The van der Waals surface area contributed by atoms with Crippen molar-refractivity contribution in [3.63, 3.8) is 0 Å². The lowest BCUT2D eigenvalue weighted by Crippen LogP contribution is -2.54. The number of hydrogen-bond donors (Lipinski definition) is 2. The molecular weight excluding hydrogens is 264 g/mol. The highest BCUT2D eigenvalue weighted by atomic mass is 16.6. The lowest BCUT2D eigenvalue weighted by molar-refractivity contribution is -0.383. The van der Waals surface area contributed by atoms with Crippen LogP contribution in [0.1, 0.15) is 13.8 Å². The maximum absolute atomic E-state index is 11.7. The summed E-state index contributed by atoms with van der Waals surface area (Å²) < 4.78 is 0. The average Bonchev–Trinajstić information content (AvgIpc) is 2.42. The van der Waals surface area contributed by atoms with Crippen LogP contribution in [0.15, 0.2) is 6.33 Å². The average molecular weight is 280 g/mol. The summed E-state index contributed by atoms with van der Waals surface area (Å²) in [6, 6.07) is -0.508. The number of amides is 1. The zero-order chi connectivity index (χ0) is 14.7. The van der Waals surface area contributed by atoms with Crippen molar-refractivity contribution in [2.24, 2.45) is 0 Å². The van der Waals surface area contributed by atoms with Crippen molar-refractivity contribution in [2.45, 2.75) is 19.9 Å². The van der Waals surface area contributed by atoms with E-state index in [9.17, 15) is 14.9 Å². The topological polar surface area (TPSA) is 113 Å². The number of nitro groups is 1. The summed E-state index contributed by atoms with van der Waals surface area (Å²) in [6.45, 7) is 4.92. The number of piperazine rings is 1. The van der Waals surface area contributed by atoms with E-state index < -0.39 is 11.0 Å². The molecule has 1 atom stereocenters. The zero-order valence-electron chi connectivity index (χ0n) is 11.3. The van der Waals surface area contributed by atoms with Crippen LogP contribution < -0.4 is 15.5 Å². The first-order chi connectivity index (χ1) is 9.56. The predicted octanol–water partition coefficient (Wildman–Crippen LogP) is 0.141. The molecule has 1 aromatic rings. The van der Waals surface area contributed by atoms with Crippen molar-refractivity contribution in [3.8, 4) is 0 Å². The summed E-state index contributed by atoms with van der Waals surface area (Å²) in [7, 11) is 0. The summed E-state index contributed by atoms with van der Waals surface area (Å²) in [5, 5.41) is 16.9. The van der Waals surface area contributed by atoms with Gasteiger partial charge in [0.25, 0.3) is 0 Å². The lowest BCUT2D eigenvalue weighted by Gasteiger charge is -2.33. The molecular formula is C11H16N6O3. The Morgan fingerprint density at radius 3 is 3.00 bits per heavy atom. The monoisotopic (exact) mass is 280 g/mol. The number of nitrogens with one attached hydrogen (secondary N) is 2. The highest BCUT2D eigenvalue weighted by molar-refractivity contribution is 5.87. The summed E-state index contributed by atoms with van der Waals surface area (Å²) in [6.07, 6.45) is 1.26. The molecule has 1 aliphatic rings. The van der Waals surface area contributed by atoms with Crippen LogP contribution in [0.3, 0.4) is 0 Å². The first-order valence-corrected chi connectivity index (χ1v) is 6.33. The molecule has 0 aliphatic carbocycles. The van der Waals surface area contributed by atoms with Gasteiger partial charge in [0, 0.05) is 19.6 Å². The fourth-order valence-corrected chi connectivity index (χ4v) is 2.12. The third-order valence-electron chi connectivity index (χ3n) is 3.10. The molecule has 9 nitrogen and oxygen atoms in total. The van der Waals surface area contributed by atoms with Crippen molar-refractivity contribution < 1.29 is 9.72 Å².